The summed E-state index contributed by atoms with van der Waals surface area (Å²) >= 11 is 0. The van der Waals surface area contributed by atoms with E-state index in [2.05, 4.69) is 5.32 Å². The predicted octanol–water partition coefficient (Wildman–Crippen LogP) is 2.54. The summed E-state index contributed by atoms with van der Waals surface area (Å²) in [5.41, 5.74) is 0.761. The fourth-order valence-electron chi connectivity index (χ4n) is 3.23. The molecule has 0 spiro atoms. The van der Waals surface area contributed by atoms with Gasteiger partial charge in [-0.1, -0.05) is 0 Å². The Morgan fingerprint density at radius 3 is 2.57 bits per heavy atom. The van der Waals surface area contributed by atoms with E-state index in [9.17, 15) is 19.7 Å². The largest absolute Gasteiger partial charge is 0.490 e. The number of methoxy groups -OCH3 is 1. The summed E-state index contributed by atoms with van der Waals surface area (Å²) in [4.78, 5) is 37.1. The standard InChI is InChI=1S/C19H21N3O6/c1-12-7-10-28-17(12)18(23)20-14-5-8-21(9-6-14)19(24)13-3-4-16(27-2)15(11-13)22(25)26/h3-4,7,10-11,14H,5-6,8-9H2,1-2H3,(H,20,23). The topological polar surface area (TPSA) is 115 Å². The zero-order valence-electron chi connectivity index (χ0n) is 15.6. The van der Waals surface area contributed by atoms with Gasteiger partial charge in [-0.3, -0.25) is 19.7 Å². The Labute approximate surface area is 161 Å². The molecule has 0 aliphatic carbocycles. The van der Waals surface area contributed by atoms with Crippen LogP contribution in [0.1, 0.15) is 39.3 Å². The number of nitrogens with one attached hydrogen (secondary N) is 1. The van der Waals surface area contributed by atoms with Gasteiger partial charge >= 0.3 is 5.69 Å². The van der Waals surface area contributed by atoms with Gasteiger partial charge < -0.3 is 19.4 Å². The van der Waals surface area contributed by atoms with Crippen molar-refractivity contribution in [3.63, 3.8) is 0 Å². The van der Waals surface area contributed by atoms with Crippen LogP contribution in [0.25, 0.3) is 0 Å². The first-order valence-corrected chi connectivity index (χ1v) is 8.87. The molecule has 0 radical (unpaired) electrons. The van der Waals surface area contributed by atoms with E-state index in [4.69, 9.17) is 9.15 Å². The van der Waals surface area contributed by atoms with E-state index in [1.54, 1.807) is 17.9 Å². The molecule has 2 amide bonds. The third kappa shape index (κ3) is 3.98. The van der Waals surface area contributed by atoms with Crippen LogP contribution in [0.15, 0.2) is 34.9 Å². The fraction of sp³-hybridized carbons (Fsp3) is 0.368. The molecule has 1 aliphatic heterocycles. The number of benzene rings is 1. The highest BCUT2D eigenvalue weighted by atomic mass is 16.6. The number of ether oxygens (including phenoxy) is 1. The summed E-state index contributed by atoms with van der Waals surface area (Å²) in [6.07, 6.45) is 2.66. The Morgan fingerprint density at radius 2 is 2.00 bits per heavy atom. The van der Waals surface area contributed by atoms with Crippen molar-refractivity contribution >= 4 is 17.5 Å². The summed E-state index contributed by atoms with van der Waals surface area (Å²) in [6.45, 7) is 2.69. The summed E-state index contributed by atoms with van der Waals surface area (Å²) in [5.74, 6) is -0.143. The lowest BCUT2D eigenvalue weighted by Gasteiger charge is -2.32. The Bertz CT molecular complexity index is 899. The van der Waals surface area contributed by atoms with Crippen LogP contribution >= 0.6 is 0 Å². The number of hydrogen-bond donors (Lipinski definition) is 1. The SMILES string of the molecule is COc1ccc(C(=O)N2CCC(NC(=O)c3occc3C)CC2)cc1[N+](=O)[O-]. The quantitative estimate of drug-likeness (QED) is 0.623. The molecule has 1 N–H and O–H groups in total. The van der Waals surface area contributed by atoms with E-state index in [0.717, 1.165) is 5.56 Å². The molecule has 9 heteroatoms. The maximum Gasteiger partial charge on any atom is 0.311 e. The Balaban J connectivity index is 1.61. The van der Waals surface area contributed by atoms with Crippen molar-refractivity contribution in [1.82, 2.24) is 10.2 Å². The van der Waals surface area contributed by atoms with E-state index in [1.165, 1.54) is 31.6 Å². The van der Waals surface area contributed by atoms with Gasteiger partial charge in [-0.15, -0.1) is 0 Å². The third-order valence-corrected chi connectivity index (χ3v) is 4.81. The van der Waals surface area contributed by atoms with E-state index in [1.807, 2.05) is 0 Å². The van der Waals surface area contributed by atoms with Crippen LogP contribution in [-0.4, -0.2) is 47.9 Å². The summed E-state index contributed by atoms with van der Waals surface area (Å²) < 4.78 is 10.2. The molecule has 0 atom stereocenters. The van der Waals surface area contributed by atoms with Crippen LogP contribution in [0.4, 0.5) is 5.69 Å². The summed E-state index contributed by atoms with van der Waals surface area (Å²) in [5, 5.41) is 14.1. The number of piperidine rings is 1. The third-order valence-electron chi connectivity index (χ3n) is 4.81. The average molecular weight is 387 g/mol. The Morgan fingerprint density at radius 1 is 1.29 bits per heavy atom. The molecular formula is C19H21N3O6. The van der Waals surface area contributed by atoms with Gasteiger partial charge in [0.1, 0.15) is 0 Å². The van der Waals surface area contributed by atoms with Gasteiger partial charge in [-0.25, -0.2) is 0 Å². The van der Waals surface area contributed by atoms with E-state index < -0.39 is 4.92 Å². The van der Waals surface area contributed by atoms with Crippen molar-refractivity contribution in [3.05, 3.63) is 57.5 Å². The van der Waals surface area contributed by atoms with Crippen molar-refractivity contribution in [2.24, 2.45) is 0 Å². The zero-order chi connectivity index (χ0) is 20.3. The second kappa shape index (κ2) is 8.12. The normalized spacial score (nSPS) is 14.6. The minimum absolute atomic E-state index is 0.0637. The molecule has 0 unspecified atom stereocenters. The maximum absolute atomic E-state index is 12.7. The van der Waals surface area contributed by atoms with Crippen molar-refractivity contribution in [1.29, 1.82) is 0 Å². The van der Waals surface area contributed by atoms with Crippen LogP contribution in [0, 0.1) is 17.0 Å². The molecule has 0 bridgehead atoms. The van der Waals surface area contributed by atoms with Crippen LogP contribution in [0.2, 0.25) is 0 Å². The number of nitrogens with zero attached hydrogens (tertiary/aromatic N) is 2. The van der Waals surface area contributed by atoms with E-state index in [-0.39, 0.29) is 34.9 Å². The molecule has 1 aromatic heterocycles. The fourth-order valence-corrected chi connectivity index (χ4v) is 3.23. The molecule has 1 fully saturated rings. The number of carbonyl (C=O) groups excluding carboxylic acids is 2. The first kappa shape index (κ1) is 19.4. The number of nitro benzene ring substituents is 1. The molecule has 9 nitrogen and oxygen atoms in total. The lowest BCUT2D eigenvalue weighted by atomic mass is 10.0. The molecule has 28 heavy (non-hydrogen) atoms. The van der Waals surface area contributed by atoms with Crippen molar-refractivity contribution in [3.8, 4) is 5.75 Å². The summed E-state index contributed by atoms with van der Waals surface area (Å²) in [7, 11) is 1.34. The van der Waals surface area contributed by atoms with Crippen molar-refractivity contribution < 1.29 is 23.7 Å². The van der Waals surface area contributed by atoms with Gasteiger partial charge in [0.15, 0.2) is 11.5 Å². The van der Waals surface area contributed by atoms with E-state index >= 15 is 0 Å². The minimum atomic E-state index is -0.575. The van der Waals surface area contributed by atoms with Gasteiger partial charge in [0.05, 0.1) is 18.3 Å². The predicted molar refractivity (Wildman–Crippen MR) is 99.5 cm³/mol. The minimum Gasteiger partial charge on any atom is -0.490 e. The second-order valence-corrected chi connectivity index (χ2v) is 6.62. The van der Waals surface area contributed by atoms with Crippen LogP contribution in [0.3, 0.4) is 0 Å². The van der Waals surface area contributed by atoms with Crippen LogP contribution in [-0.2, 0) is 0 Å². The number of amides is 2. The molecule has 3 rings (SSSR count). The molecular weight excluding hydrogens is 366 g/mol. The van der Waals surface area contributed by atoms with Gasteiger partial charge in [0.25, 0.3) is 11.8 Å². The molecule has 148 valence electrons. The van der Waals surface area contributed by atoms with Gasteiger partial charge in [-0.05, 0) is 38.0 Å². The molecule has 1 aliphatic rings. The first-order valence-electron chi connectivity index (χ1n) is 8.87. The summed E-state index contributed by atoms with van der Waals surface area (Å²) in [6, 6.07) is 5.83. The molecule has 1 saturated heterocycles. The number of furan rings is 1. The lowest BCUT2D eigenvalue weighted by molar-refractivity contribution is -0.385. The average Bonchev–Trinajstić information content (AvgIpc) is 3.13. The van der Waals surface area contributed by atoms with Crippen molar-refractivity contribution in [2.45, 2.75) is 25.8 Å². The molecule has 2 heterocycles. The first-order chi connectivity index (χ1) is 13.4. The Hall–Kier alpha value is -3.36. The van der Waals surface area contributed by atoms with Gasteiger partial charge in [0, 0.05) is 36.3 Å². The molecule has 1 aromatic carbocycles. The number of hydrogen-bond acceptors (Lipinski definition) is 6. The van der Waals surface area contributed by atoms with E-state index in [0.29, 0.717) is 31.7 Å². The van der Waals surface area contributed by atoms with Crippen LogP contribution in [0.5, 0.6) is 5.75 Å². The highest BCUT2D eigenvalue weighted by Gasteiger charge is 2.27. The van der Waals surface area contributed by atoms with Crippen LogP contribution < -0.4 is 10.1 Å². The smallest absolute Gasteiger partial charge is 0.311 e. The Kier molecular flexibility index (Phi) is 5.62. The molecule has 0 saturated carbocycles. The monoisotopic (exact) mass is 387 g/mol. The number of nitro groups is 1. The number of likely N-dealkylation sites (tertiary alicyclic amines) is 1. The molecule has 2 aromatic rings. The number of rotatable bonds is 5. The number of aryl methyl sites for hydroxylation is 1. The van der Waals surface area contributed by atoms with Crippen molar-refractivity contribution in [2.75, 3.05) is 20.2 Å². The number of carbonyl (C=O) groups is 2. The highest BCUT2D eigenvalue weighted by molar-refractivity contribution is 5.95. The highest BCUT2D eigenvalue weighted by Crippen LogP contribution is 2.28. The maximum atomic E-state index is 12.7. The zero-order valence-corrected chi connectivity index (χ0v) is 15.6. The van der Waals surface area contributed by atoms with Gasteiger partial charge in [0.2, 0.25) is 0 Å². The lowest BCUT2D eigenvalue weighted by Crippen LogP contribution is -2.46. The van der Waals surface area contributed by atoms with Gasteiger partial charge in [-0.2, -0.15) is 0 Å². The second-order valence-electron chi connectivity index (χ2n) is 6.62.